The summed E-state index contributed by atoms with van der Waals surface area (Å²) in [6.07, 6.45) is -1.98. The van der Waals surface area contributed by atoms with E-state index in [4.69, 9.17) is 5.11 Å². The molecule has 0 amide bonds. The van der Waals surface area contributed by atoms with Crippen molar-refractivity contribution in [2.75, 3.05) is 0 Å². The van der Waals surface area contributed by atoms with Gasteiger partial charge in [-0.2, -0.15) is 18.3 Å². The molecule has 0 aliphatic rings. The molecule has 0 fully saturated rings. The van der Waals surface area contributed by atoms with E-state index in [9.17, 15) is 18.0 Å². The second-order valence-corrected chi connectivity index (χ2v) is 4.42. The second kappa shape index (κ2) is 4.65. The molecule has 2 aromatic heterocycles. The van der Waals surface area contributed by atoms with Crippen LogP contribution in [0, 0.1) is 0 Å². The van der Waals surface area contributed by atoms with E-state index in [-0.39, 0.29) is 11.4 Å². The third kappa shape index (κ3) is 2.75. The summed E-state index contributed by atoms with van der Waals surface area (Å²) in [4.78, 5) is 14.8. The maximum atomic E-state index is 12.4. The lowest BCUT2D eigenvalue weighted by Crippen LogP contribution is -2.08. The van der Waals surface area contributed by atoms with E-state index < -0.39 is 17.7 Å². The number of hydrogen-bond acceptors (Lipinski definition) is 3. The SMILES string of the molecule is O=C(O)c1cc(Br)cnc1-n1cc(C(F)(F)F)cn1. The number of alkyl halides is 3. The van der Waals surface area contributed by atoms with E-state index in [1.165, 1.54) is 12.3 Å². The fourth-order valence-electron chi connectivity index (χ4n) is 1.36. The molecule has 1 N–H and O–H groups in total. The molecule has 0 radical (unpaired) electrons. The minimum atomic E-state index is -4.54. The van der Waals surface area contributed by atoms with Crippen molar-refractivity contribution in [1.82, 2.24) is 14.8 Å². The monoisotopic (exact) mass is 335 g/mol. The Balaban J connectivity index is 2.53. The van der Waals surface area contributed by atoms with Gasteiger partial charge in [-0.25, -0.2) is 14.5 Å². The highest BCUT2D eigenvalue weighted by Gasteiger charge is 2.32. The maximum absolute atomic E-state index is 12.4. The van der Waals surface area contributed by atoms with Crippen LogP contribution < -0.4 is 0 Å². The van der Waals surface area contributed by atoms with E-state index in [2.05, 4.69) is 26.0 Å². The molecule has 100 valence electrons. The van der Waals surface area contributed by atoms with Crippen LogP contribution in [-0.4, -0.2) is 25.8 Å². The first kappa shape index (κ1) is 13.5. The first-order valence-corrected chi connectivity index (χ1v) is 5.59. The van der Waals surface area contributed by atoms with Crippen LogP contribution in [0.2, 0.25) is 0 Å². The molecular formula is C10H5BrF3N3O2. The number of hydrogen-bond donors (Lipinski definition) is 1. The lowest BCUT2D eigenvalue weighted by atomic mass is 10.2. The Bertz CT molecular complexity index is 639. The number of pyridine rings is 1. The Kier molecular flexibility index (Phi) is 3.31. The average molecular weight is 336 g/mol. The third-order valence-electron chi connectivity index (χ3n) is 2.19. The van der Waals surface area contributed by atoms with Crippen molar-refractivity contribution in [3.05, 3.63) is 40.3 Å². The Hall–Kier alpha value is -1.90. The van der Waals surface area contributed by atoms with Crippen LogP contribution in [0.1, 0.15) is 15.9 Å². The number of halogens is 4. The summed E-state index contributed by atoms with van der Waals surface area (Å²) in [7, 11) is 0. The molecule has 5 nitrogen and oxygen atoms in total. The highest BCUT2D eigenvalue weighted by molar-refractivity contribution is 9.10. The van der Waals surface area contributed by atoms with E-state index >= 15 is 0 Å². The predicted octanol–water partition coefficient (Wildman–Crippen LogP) is 2.75. The lowest BCUT2D eigenvalue weighted by molar-refractivity contribution is -0.137. The van der Waals surface area contributed by atoms with Crippen LogP contribution in [0.5, 0.6) is 0 Å². The molecule has 0 unspecified atom stereocenters. The maximum Gasteiger partial charge on any atom is 0.419 e. The Morgan fingerprint density at radius 2 is 2.05 bits per heavy atom. The first-order valence-electron chi connectivity index (χ1n) is 4.80. The molecule has 2 rings (SSSR count). The molecule has 0 bridgehead atoms. The summed E-state index contributed by atoms with van der Waals surface area (Å²) in [6, 6.07) is 1.24. The molecule has 9 heteroatoms. The topological polar surface area (TPSA) is 68.0 Å². The Morgan fingerprint density at radius 3 is 2.58 bits per heavy atom. The fraction of sp³-hybridized carbons (Fsp3) is 0.100. The van der Waals surface area contributed by atoms with Crippen LogP contribution in [0.4, 0.5) is 13.2 Å². The van der Waals surface area contributed by atoms with Crippen LogP contribution >= 0.6 is 15.9 Å². The van der Waals surface area contributed by atoms with Gasteiger partial charge in [-0.3, -0.25) is 0 Å². The highest BCUT2D eigenvalue weighted by atomic mass is 79.9. The Labute approximate surface area is 112 Å². The number of carbonyl (C=O) groups is 1. The zero-order valence-electron chi connectivity index (χ0n) is 9.02. The third-order valence-corrected chi connectivity index (χ3v) is 2.62. The summed E-state index contributed by atoms with van der Waals surface area (Å²) in [5.41, 5.74) is -1.24. The zero-order chi connectivity index (χ0) is 14.2. The number of aromatic carboxylic acids is 1. The number of nitrogens with zero attached hydrogens (tertiary/aromatic N) is 3. The molecule has 0 saturated carbocycles. The van der Waals surface area contributed by atoms with Crippen LogP contribution in [-0.2, 0) is 6.18 Å². The van der Waals surface area contributed by atoms with E-state index in [0.717, 1.165) is 4.68 Å². The minimum Gasteiger partial charge on any atom is -0.478 e. The fourth-order valence-corrected chi connectivity index (χ4v) is 1.69. The van der Waals surface area contributed by atoms with Crippen molar-refractivity contribution in [1.29, 1.82) is 0 Å². The largest absolute Gasteiger partial charge is 0.478 e. The molecule has 0 atom stereocenters. The molecule has 2 heterocycles. The first-order chi connectivity index (χ1) is 8.79. The predicted molar refractivity (Wildman–Crippen MR) is 61.0 cm³/mol. The minimum absolute atomic E-state index is 0.189. The van der Waals surface area contributed by atoms with Crippen LogP contribution in [0.3, 0.4) is 0 Å². The summed E-state index contributed by atoms with van der Waals surface area (Å²) in [6.45, 7) is 0. The zero-order valence-corrected chi connectivity index (χ0v) is 10.6. The summed E-state index contributed by atoms with van der Waals surface area (Å²) in [5.74, 6) is -1.50. The van der Waals surface area contributed by atoms with E-state index in [1.54, 1.807) is 0 Å². The van der Waals surface area contributed by atoms with Crippen molar-refractivity contribution < 1.29 is 23.1 Å². The van der Waals surface area contributed by atoms with Gasteiger partial charge in [0.25, 0.3) is 0 Å². The van der Waals surface area contributed by atoms with Crippen LogP contribution in [0.15, 0.2) is 29.1 Å². The molecular weight excluding hydrogens is 331 g/mol. The molecule has 19 heavy (non-hydrogen) atoms. The van der Waals surface area contributed by atoms with Gasteiger partial charge in [0.05, 0.1) is 11.8 Å². The normalized spacial score (nSPS) is 11.6. The number of rotatable bonds is 2. The number of carboxylic acids is 1. The molecule has 0 saturated heterocycles. The van der Waals surface area contributed by atoms with Crippen LogP contribution in [0.25, 0.3) is 5.82 Å². The van der Waals surface area contributed by atoms with Gasteiger partial charge in [-0.1, -0.05) is 0 Å². The lowest BCUT2D eigenvalue weighted by Gasteiger charge is -2.05. The van der Waals surface area contributed by atoms with Gasteiger partial charge < -0.3 is 5.11 Å². The quantitative estimate of drug-likeness (QED) is 0.916. The molecule has 0 aromatic carbocycles. The number of aromatic nitrogens is 3. The van der Waals surface area contributed by atoms with Gasteiger partial charge in [0.15, 0.2) is 5.82 Å². The summed E-state index contributed by atoms with van der Waals surface area (Å²) >= 11 is 3.04. The van der Waals surface area contributed by atoms with Gasteiger partial charge in [0.1, 0.15) is 5.56 Å². The number of carboxylic acid groups (broad SMARTS) is 1. The molecule has 0 aliphatic carbocycles. The second-order valence-electron chi connectivity index (χ2n) is 3.50. The smallest absolute Gasteiger partial charge is 0.419 e. The summed E-state index contributed by atoms with van der Waals surface area (Å²) < 4.78 is 38.5. The average Bonchev–Trinajstić information content (AvgIpc) is 2.77. The molecule has 0 spiro atoms. The summed E-state index contributed by atoms with van der Waals surface area (Å²) in [5, 5.41) is 12.5. The van der Waals surface area contributed by atoms with Gasteiger partial charge in [0.2, 0.25) is 0 Å². The standard InChI is InChI=1S/C10H5BrF3N3O2/c11-6-1-7(9(18)19)8(15-3-6)17-4-5(2-16-17)10(12,13)14/h1-4H,(H,18,19). The van der Waals surface area contributed by atoms with Crippen molar-refractivity contribution in [2.45, 2.75) is 6.18 Å². The van der Waals surface area contributed by atoms with Gasteiger partial charge in [-0.15, -0.1) is 0 Å². The van der Waals surface area contributed by atoms with Gasteiger partial charge in [-0.05, 0) is 22.0 Å². The van der Waals surface area contributed by atoms with Crippen molar-refractivity contribution in [3.8, 4) is 5.82 Å². The molecule has 0 aliphatic heterocycles. The van der Waals surface area contributed by atoms with Crippen molar-refractivity contribution >= 4 is 21.9 Å². The van der Waals surface area contributed by atoms with Gasteiger partial charge in [0, 0.05) is 16.9 Å². The van der Waals surface area contributed by atoms with Crippen molar-refractivity contribution in [3.63, 3.8) is 0 Å². The van der Waals surface area contributed by atoms with E-state index in [1.807, 2.05) is 0 Å². The van der Waals surface area contributed by atoms with E-state index in [0.29, 0.717) is 16.9 Å². The highest BCUT2D eigenvalue weighted by Crippen LogP contribution is 2.29. The molecule has 2 aromatic rings. The van der Waals surface area contributed by atoms with Crippen molar-refractivity contribution in [2.24, 2.45) is 0 Å². The Morgan fingerprint density at radius 1 is 1.37 bits per heavy atom. The van der Waals surface area contributed by atoms with Gasteiger partial charge >= 0.3 is 12.1 Å².